The fourth-order valence-corrected chi connectivity index (χ4v) is 2.86. The van der Waals surface area contributed by atoms with E-state index in [1.807, 2.05) is 0 Å². The van der Waals surface area contributed by atoms with Crippen LogP contribution in [-0.2, 0) is 26.8 Å². The largest absolute Gasteiger partial charge is 0.416 e. The molecule has 11 heteroatoms. The molecule has 0 spiro atoms. The van der Waals surface area contributed by atoms with Crippen LogP contribution in [0.1, 0.15) is 15.9 Å². The molecule has 158 valence electrons. The molecule has 0 aliphatic rings. The predicted octanol–water partition coefficient (Wildman–Crippen LogP) is 1.40. The molecular formula is C19H18F3N5O3. The van der Waals surface area contributed by atoms with E-state index in [1.54, 1.807) is 6.07 Å². The van der Waals surface area contributed by atoms with Crippen molar-refractivity contribution in [1.82, 2.24) is 24.2 Å². The third-order valence-electron chi connectivity index (χ3n) is 4.47. The molecule has 0 radical (unpaired) electrons. The molecule has 3 rings (SSSR count). The summed E-state index contributed by atoms with van der Waals surface area (Å²) in [6.07, 6.45) is -3.00. The molecule has 0 atom stereocenters. The molecule has 0 fully saturated rings. The van der Waals surface area contributed by atoms with Gasteiger partial charge in [-0.2, -0.15) is 13.2 Å². The summed E-state index contributed by atoms with van der Waals surface area (Å²) in [5, 5.41) is 6.62. The minimum atomic E-state index is -4.52. The van der Waals surface area contributed by atoms with Crippen molar-refractivity contribution in [3.8, 4) is 11.4 Å². The van der Waals surface area contributed by atoms with Crippen LogP contribution in [0.3, 0.4) is 0 Å². The summed E-state index contributed by atoms with van der Waals surface area (Å²) in [5.41, 5.74) is -1.76. The quantitative estimate of drug-likeness (QED) is 0.674. The van der Waals surface area contributed by atoms with Crippen molar-refractivity contribution in [3.05, 3.63) is 74.6 Å². The average molecular weight is 421 g/mol. The fourth-order valence-electron chi connectivity index (χ4n) is 2.86. The van der Waals surface area contributed by atoms with E-state index in [1.165, 1.54) is 43.1 Å². The zero-order valence-electron chi connectivity index (χ0n) is 16.1. The Morgan fingerprint density at radius 3 is 2.57 bits per heavy atom. The van der Waals surface area contributed by atoms with E-state index in [-0.39, 0.29) is 30.0 Å². The van der Waals surface area contributed by atoms with Crippen LogP contribution in [0.25, 0.3) is 11.4 Å². The van der Waals surface area contributed by atoms with Gasteiger partial charge in [-0.1, -0.05) is 12.1 Å². The molecule has 0 saturated carbocycles. The lowest BCUT2D eigenvalue weighted by Crippen LogP contribution is -2.35. The summed E-state index contributed by atoms with van der Waals surface area (Å²) in [5.74, 6) is -0.535. The molecule has 30 heavy (non-hydrogen) atoms. The molecule has 0 bridgehead atoms. The van der Waals surface area contributed by atoms with E-state index in [0.29, 0.717) is 0 Å². The standard InChI is InChI=1S/C19H18F3N5O3/c1-25-9-4-7-14(17(25)29)16(28)23-8-10-27-18(30)26(2)15(24-27)12-5-3-6-13(11-12)19(20,21)22/h3-7,9,11H,8,10H2,1-2H3,(H,23,28). The smallest absolute Gasteiger partial charge is 0.350 e. The molecule has 1 aromatic carbocycles. The molecule has 3 aromatic rings. The number of aromatic nitrogens is 4. The Morgan fingerprint density at radius 2 is 1.87 bits per heavy atom. The number of nitrogens with zero attached hydrogens (tertiary/aromatic N) is 4. The number of carbonyl (C=O) groups excluding carboxylic acids is 1. The molecule has 0 aliphatic heterocycles. The minimum absolute atomic E-state index is 0.00413. The van der Waals surface area contributed by atoms with Gasteiger partial charge in [0.1, 0.15) is 5.56 Å². The van der Waals surface area contributed by atoms with Crippen LogP contribution in [-0.4, -0.2) is 31.4 Å². The van der Waals surface area contributed by atoms with Crippen LogP contribution in [0.5, 0.6) is 0 Å². The highest BCUT2D eigenvalue weighted by Crippen LogP contribution is 2.31. The van der Waals surface area contributed by atoms with E-state index >= 15 is 0 Å². The number of halogens is 3. The van der Waals surface area contributed by atoms with Gasteiger partial charge in [-0.3, -0.25) is 14.2 Å². The van der Waals surface area contributed by atoms with Crippen molar-refractivity contribution >= 4 is 5.91 Å². The summed E-state index contributed by atoms with van der Waals surface area (Å²) in [6.45, 7) is -0.0274. The Hall–Kier alpha value is -3.63. The van der Waals surface area contributed by atoms with Crippen molar-refractivity contribution in [3.63, 3.8) is 0 Å². The van der Waals surface area contributed by atoms with E-state index in [9.17, 15) is 27.6 Å². The van der Waals surface area contributed by atoms with Crippen LogP contribution >= 0.6 is 0 Å². The molecule has 1 N–H and O–H groups in total. The Morgan fingerprint density at radius 1 is 1.13 bits per heavy atom. The number of benzene rings is 1. The van der Waals surface area contributed by atoms with Gasteiger partial charge in [0.05, 0.1) is 12.1 Å². The molecule has 0 saturated heterocycles. The van der Waals surface area contributed by atoms with Gasteiger partial charge in [0.15, 0.2) is 5.82 Å². The lowest BCUT2D eigenvalue weighted by molar-refractivity contribution is -0.137. The summed E-state index contributed by atoms with van der Waals surface area (Å²) >= 11 is 0. The van der Waals surface area contributed by atoms with E-state index in [2.05, 4.69) is 10.4 Å². The summed E-state index contributed by atoms with van der Waals surface area (Å²) < 4.78 is 42.3. The van der Waals surface area contributed by atoms with Crippen LogP contribution < -0.4 is 16.6 Å². The zero-order chi connectivity index (χ0) is 22.1. The normalized spacial score (nSPS) is 11.5. The summed E-state index contributed by atoms with van der Waals surface area (Å²) in [7, 11) is 2.91. The Labute approximate surface area is 168 Å². The number of carbonyl (C=O) groups is 1. The van der Waals surface area contributed by atoms with Crippen LogP contribution in [0, 0.1) is 0 Å². The van der Waals surface area contributed by atoms with Crippen molar-refractivity contribution in [2.24, 2.45) is 14.1 Å². The van der Waals surface area contributed by atoms with Gasteiger partial charge in [0.2, 0.25) is 0 Å². The topological polar surface area (TPSA) is 90.9 Å². The van der Waals surface area contributed by atoms with Gasteiger partial charge < -0.3 is 9.88 Å². The van der Waals surface area contributed by atoms with Gasteiger partial charge in [-0.05, 0) is 24.3 Å². The number of nitrogens with one attached hydrogen (secondary N) is 1. The van der Waals surface area contributed by atoms with E-state index < -0.39 is 28.9 Å². The Bertz CT molecular complexity index is 1210. The molecule has 2 aromatic heterocycles. The van der Waals surface area contributed by atoms with Crippen molar-refractivity contribution in [2.45, 2.75) is 12.7 Å². The lowest BCUT2D eigenvalue weighted by Gasteiger charge is -2.08. The first-order valence-corrected chi connectivity index (χ1v) is 8.85. The van der Waals surface area contributed by atoms with Crippen molar-refractivity contribution in [1.29, 1.82) is 0 Å². The molecule has 0 aliphatic carbocycles. The van der Waals surface area contributed by atoms with Crippen LogP contribution in [0.4, 0.5) is 13.2 Å². The van der Waals surface area contributed by atoms with Gasteiger partial charge in [0, 0.05) is 32.4 Å². The molecule has 0 unspecified atom stereocenters. The highest BCUT2D eigenvalue weighted by Gasteiger charge is 2.31. The molecule has 2 heterocycles. The Balaban J connectivity index is 1.76. The maximum atomic E-state index is 12.9. The minimum Gasteiger partial charge on any atom is -0.350 e. The first-order valence-electron chi connectivity index (χ1n) is 8.85. The second-order valence-electron chi connectivity index (χ2n) is 6.56. The number of alkyl halides is 3. The fraction of sp³-hybridized carbons (Fsp3) is 0.263. The van der Waals surface area contributed by atoms with E-state index in [4.69, 9.17) is 0 Å². The van der Waals surface area contributed by atoms with Gasteiger partial charge in [0.25, 0.3) is 11.5 Å². The number of hydrogen-bond acceptors (Lipinski definition) is 4. The Kier molecular flexibility index (Phi) is 5.63. The SMILES string of the molecule is Cn1cccc(C(=O)NCCn2nc(-c3cccc(C(F)(F)F)c3)n(C)c2=O)c1=O. The maximum absolute atomic E-state index is 12.9. The average Bonchev–Trinajstić information content (AvgIpc) is 2.98. The second kappa shape index (κ2) is 8.01. The first kappa shape index (κ1) is 21.1. The number of hydrogen-bond donors (Lipinski definition) is 1. The lowest BCUT2D eigenvalue weighted by atomic mass is 10.1. The molecular weight excluding hydrogens is 403 g/mol. The van der Waals surface area contributed by atoms with Gasteiger partial charge >= 0.3 is 11.9 Å². The third-order valence-corrected chi connectivity index (χ3v) is 4.47. The highest BCUT2D eigenvalue weighted by molar-refractivity contribution is 5.93. The van der Waals surface area contributed by atoms with Crippen LogP contribution in [0.15, 0.2) is 52.2 Å². The van der Waals surface area contributed by atoms with E-state index in [0.717, 1.165) is 21.4 Å². The summed E-state index contributed by atoms with van der Waals surface area (Å²) in [6, 6.07) is 7.45. The predicted molar refractivity (Wildman–Crippen MR) is 102 cm³/mol. The van der Waals surface area contributed by atoms with Gasteiger partial charge in [-0.15, -0.1) is 5.10 Å². The monoisotopic (exact) mass is 421 g/mol. The number of aryl methyl sites for hydroxylation is 1. The molecule has 8 nitrogen and oxygen atoms in total. The van der Waals surface area contributed by atoms with Crippen molar-refractivity contribution < 1.29 is 18.0 Å². The van der Waals surface area contributed by atoms with Crippen LogP contribution in [0.2, 0.25) is 0 Å². The number of pyridine rings is 1. The maximum Gasteiger partial charge on any atom is 0.416 e. The van der Waals surface area contributed by atoms with Crippen molar-refractivity contribution in [2.75, 3.05) is 6.54 Å². The first-order chi connectivity index (χ1) is 14.1. The number of amides is 1. The summed E-state index contributed by atoms with van der Waals surface area (Å²) in [4.78, 5) is 36.5. The zero-order valence-corrected chi connectivity index (χ0v) is 16.1. The van der Waals surface area contributed by atoms with Gasteiger partial charge in [-0.25, -0.2) is 9.48 Å². The number of rotatable bonds is 5. The molecule has 1 amide bonds. The highest BCUT2D eigenvalue weighted by atomic mass is 19.4. The second-order valence-corrected chi connectivity index (χ2v) is 6.56. The third kappa shape index (κ3) is 4.19.